The number of rotatable bonds is 7. The molecule has 0 spiro atoms. The molecular weight excluding hydrogens is 452 g/mol. The molecular formula is C22H28N2O8S. The van der Waals surface area contributed by atoms with Gasteiger partial charge in [0.05, 0.1) is 18.6 Å². The minimum atomic E-state index is -3.46. The molecule has 1 fully saturated rings. The quantitative estimate of drug-likeness (QED) is 0.569. The Bertz CT molecular complexity index is 1000. The molecule has 33 heavy (non-hydrogen) atoms. The van der Waals surface area contributed by atoms with Crippen molar-refractivity contribution in [2.45, 2.75) is 18.4 Å². The Morgan fingerprint density at radius 2 is 1.39 bits per heavy atom. The summed E-state index contributed by atoms with van der Waals surface area (Å²) in [6, 6.07) is 14.6. The van der Waals surface area contributed by atoms with Gasteiger partial charge < -0.3 is 19.7 Å². The van der Waals surface area contributed by atoms with E-state index in [1.807, 2.05) is 19.1 Å². The van der Waals surface area contributed by atoms with Crippen molar-refractivity contribution < 1.29 is 37.7 Å². The third-order valence-electron chi connectivity index (χ3n) is 4.85. The Morgan fingerprint density at radius 1 is 0.879 bits per heavy atom. The predicted octanol–water partition coefficient (Wildman–Crippen LogP) is 1.76. The molecule has 180 valence electrons. The van der Waals surface area contributed by atoms with E-state index in [2.05, 4.69) is 17.0 Å². The molecule has 11 heteroatoms. The number of piperazine rings is 1. The van der Waals surface area contributed by atoms with Gasteiger partial charge in [-0.1, -0.05) is 12.1 Å². The Hall–Kier alpha value is -3.15. The lowest BCUT2D eigenvalue weighted by atomic mass is 10.2. The van der Waals surface area contributed by atoms with E-state index in [4.69, 9.17) is 29.3 Å². The second-order valence-corrected chi connectivity index (χ2v) is 8.98. The highest BCUT2D eigenvalue weighted by molar-refractivity contribution is 7.89. The molecule has 1 aliphatic heterocycles. The van der Waals surface area contributed by atoms with Crippen LogP contribution in [0.2, 0.25) is 0 Å². The topological polar surface area (TPSA) is 134 Å². The number of carboxylic acids is 2. The summed E-state index contributed by atoms with van der Waals surface area (Å²) in [7, 11) is -1.90. The van der Waals surface area contributed by atoms with Crippen LogP contribution in [0.1, 0.15) is 12.5 Å². The summed E-state index contributed by atoms with van der Waals surface area (Å²) in [6.45, 7) is 5.84. The van der Waals surface area contributed by atoms with Gasteiger partial charge in [0.25, 0.3) is 0 Å². The molecule has 0 amide bonds. The van der Waals surface area contributed by atoms with Crippen LogP contribution in [0.4, 0.5) is 0 Å². The van der Waals surface area contributed by atoms with Crippen molar-refractivity contribution in [2.24, 2.45) is 0 Å². The van der Waals surface area contributed by atoms with Crippen molar-refractivity contribution in [3.8, 4) is 11.5 Å². The van der Waals surface area contributed by atoms with E-state index in [0.717, 1.165) is 12.3 Å². The number of sulfonamides is 1. The Balaban J connectivity index is 0.000000569. The summed E-state index contributed by atoms with van der Waals surface area (Å²) in [5.74, 6) is -2.13. The van der Waals surface area contributed by atoms with Crippen LogP contribution in [-0.2, 0) is 26.2 Å². The first-order valence-electron chi connectivity index (χ1n) is 10.2. The lowest BCUT2D eigenvalue weighted by Gasteiger charge is -2.34. The van der Waals surface area contributed by atoms with Gasteiger partial charge in [0, 0.05) is 32.7 Å². The van der Waals surface area contributed by atoms with Gasteiger partial charge in [0.15, 0.2) is 0 Å². The van der Waals surface area contributed by atoms with Gasteiger partial charge in [0.1, 0.15) is 11.5 Å². The van der Waals surface area contributed by atoms with E-state index in [0.29, 0.717) is 43.4 Å². The lowest BCUT2D eigenvalue weighted by molar-refractivity contribution is -0.159. The molecule has 0 atom stereocenters. The lowest BCUT2D eigenvalue weighted by Crippen LogP contribution is -2.48. The van der Waals surface area contributed by atoms with Crippen molar-refractivity contribution in [1.29, 1.82) is 0 Å². The first-order chi connectivity index (χ1) is 15.7. The van der Waals surface area contributed by atoms with Crippen molar-refractivity contribution in [1.82, 2.24) is 9.21 Å². The van der Waals surface area contributed by atoms with E-state index in [1.165, 1.54) is 5.56 Å². The van der Waals surface area contributed by atoms with Crippen LogP contribution in [0.3, 0.4) is 0 Å². The number of aliphatic carboxylic acids is 2. The van der Waals surface area contributed by atoms with Crippen molar-refractivity contribution in [2.75, 3.05) is 39.9 Å². The van der Waals surface area contributed by atoms with Gasteiger partial charge in [-0.05, 0) is 48.9 Å². The number of ether oxygens (including phenoxy) is 2. The zero-order valence-corrected chi connectivity index (χ0v) is 19.3. The molecule has 0 aliphatic carbocycles. The fourth-order valence-electron chi connectivity index (χ4n) is 3.14. The SMILES string of the molecule is CCOc1ccc(CN2CCN(S(=O)(=O)c3ccc(OC)cc3)CC2)cc1.O=C(O)C(=O)O. The van der Waals surface area contributed by atoms with Gasteiger partial charge in [-0.2, -0.15) is 4.31 Å². The molecule has 1 heterocycles. The molecule has 3 rings (SSSR count). The third-order valence-corrected chi connectivity index (χ3v) is 6.76. The number of carboxylic acid groups (broad SMARTS) is 2. The number of hydrogen-bond donors (Lipinski definition) is 2. The monoisotopic (exact) mass is 480 g/mol. The normalized spacial score (nSPS) is 14.6. The van der Waals surface area contributed by atoms with Gasteiger partial charge >= 0.3 is 11.9 Å². The molecule has 10 nitrogen and oxygen atoms in total. The number of hydrogen-bond acceptors (Lipinski definition) is 7. The molecule has 0 aromatic heterocycles. The van der Waals surface area contributed by atoms with Crippen LogP contribution < -0.4 is 9.47 Å². The maximum absolute atomic E-state index is 12.8. The van der Waals surface area contributed by atoms with E-state index >= 15 is 0 Å². The fourth-order valence-corrected chi connectivity index (χ4v) is 4.56. The fraction of sp³-hybridized carbons (Fsp3) is 0.364. The minimum Gasteiger partial charge on any atom is -0.497 e. The molecule has 2 N–H and O–H groups in total. The summed E-state index contributed by atoms with van der Waals surface area (Å²) < 4.78 is 37.7. The van der Waals surface area contributed by atoms with Crippen LogP contribution in [0.5, 0.6) is 11.5 Å². The largest absolute Gasteiger partial charge is 0.497 e. The second-order valence-electron chi connectivity index (χ2n) is 7.04. The van der Waals surface area contributed by atoms with Gasteiger partial charge in [-0.15, -0.1) is 0 Å². The van der Waals surface area contributed by atoms with Gasteiger partial charge in [-0.3, -0.25) is 4.90 Å². The average Bonchev–Trinajstić information content (AvgIpc) is 2.81. The smallest absolute Gasteiger partial charge is 0.414 e. The highest BCUT2D eigenvalue weighted by atomic mass is 32.2. The molecule has 0 bridgehead atoms. The standard InChI is InChI=1S/C20H26N2O4S.C2H2O4/c1-3-26-19-6-4-17(5-7-19)16-21-12-14-22(15-13-21)27(23,24)20-10-8-18(25-2)9-11-20;3-1(4)2(5)6/h4-11H,3,12-16H2,1-2H3;(H,3,4)(H,5,6). The van der Waals surface area contributed by atoms with Crippen molar-refractivity contribution in [3.63, 3.8) is 0 Å². The molecule has 0 radical (unpaired) electrons. The molecule has 0 unspecified atom stereocenters. The highest BCUT2D eigenvalue weighted by Gasteiger charge is 2.28. The van der Waals surface area contributed by atoms with Crippen LogP contribution >= 0.6 is 0 Å². The Labute approximate surface area is 193 Å². The van der Waals surface area contributed by atoms with E-state index in [9.17, 15) is 8.42 Å². The van der Waals surface area contributed by atoms with Crippen molar-refractivity contribution >= 4 is 22.0 Å². The zero-order valence-electron chi connectivity index (χ0n) is 18.5. The maximum atomic E-state index is 12.8. The summed E-state index contributed by atoms with van der Waals surface area (Å²) in [4.78, 5) is 20.8. The highest BCUT2D eigenvalue weighted by Crippen LogP contribution is 2.21. The van der Waals surface area contributed by atoms with Crippen LogP contribution in [-0.4, -0.2) is 79.7 Å². The average molecular weight is 481 g/mol. The minimum absolute atomic E-state index is 0.309. The molecule has 1 saturated heterocycles. The van der Waals surface area contributed by atoms with E-state index in [1.54, 1.807) is 35.7 Å². The zero-order chi connectivity index (χ0) is 24.4. The van der Waals surface area contributed by atoms with Crippen LogP contribution in [0.25, 0.3) is 0 Å². The molecule has 0 saturated carbocycles. The predicted molar refractivity (Wildman–Crippen MR) is 120 cm³/mol. The number of nitrogens with zero attached hydrogens (tertiary/aromatic N) is 2. The van der Waals surface area contributed by atoms with Crippen LogP contribution in [0, 0.1) is 0 Å². The first kappa shape index (κ1) is 26.1. The summed E-state index contributed by atoms with van der Waals surface area (Å²) in [5, 5.41) is 14.8. The number of benzene rings is 2. The molecule has 2 aromatic carbocycles. The molecule has 2 aromatic rings. The van der Waals surface area contributed by atoms with Crippen molar-refractivity contribution in [3.05, 3.63) is 54.1 Å². The third kappa shape index (κ3) is 7.74. The van der Waals surface area contributed by atoms with Crippen LogP contribution in [0.15, 0.2) is 53.4 Å². The number of methoxy groups -OCH3 is 1. The van der Waals surface area contributed by atoms with Gasteiger partial charge in [-0.25, -0.2) is 18.0 Å². The van der Waals surface area contributed by atoms with Gasteiger partial charge in [0.2, 0.25) is 10.0 Å². The summed E-state index contributed by atoms with van der Waals surface area (Å²) in [5.41, 5.74) is 1.20. The first-order valence-corrected chi connectivity index (χ1v) is 11.7. The summed E-state index contributed by atoms with van der Waals surface area (Å²) >= 11 is 0. The van der Waals surface area contributed by atoms with E-state index in [-0.39, 0.29) is 0 Å². The Morgan fingerprint density at radius 3 is 1.85 bits per heavy atom. The second kappa shape index (κ2) is 12.2. The van der Waals surface area contributed by atoms with E-state index < -0.39 is 22.0 Å². The Kier molecular flexibility index (Phi) is 9.64. The summed E-state index contributed by atoms with van der Waals surface area (Å²) in [6.07, 6.45) is 0. The molecule has 1 aliphatic rings. The number of carbonyl (C=O) groups is 2. The maximum Gasteiger partial charge on any atom is 0.414 e.